The molecule has 14 heavy (non-hydrogen) atoms. The summed E-state index contributed by atoms with van der Waals surface area (Å²) >= 11 is 3.66. The molecule has 4 N–H and O–H groups in total. The molecule has 0 saturated heterocycles. The van der Waals surface area contributed by atoms with Gasteiger partial charge in [-0.25, -0.2) is 0 Å². The van der Waals surface area contributed by atoms with Crippen LogP contribution in [-0.2, 0) is 0 Å². The van der Waals surface area contributed by atoms with E-state index >= 15 is 0 Å². The van der Waals surface area contributed by atoms with Crippen molar-refractivity contribution in [2.24, 2.45) is 0 Å². The summed E-state index contributed by atoms with van der Waals surface area (Å²) in [5, 5.41) is 21.3. The monoisotopic (exact) mass is 319 g/mol. The zero-order chi connectivity index (χ0) is 10.3. The van der Waals surface area contributed by atoms with Crippen LogP contribution in [0, 0.1) is 3.57 Å². The molecule has 0 fully saturated rings. The Labute approximate surface area is 98.8 Å². The Morgan fingerprint density at radius 1 is 1.43 bits per heavy atom. The van der Waals surface area contributed by atoms with Gasteiger partial charge in [-0.05, 0) is 45.5 Å². The van der Waals surface area contributed by atoms with Crippen molar-refractivity contribution in [1.29, 1.82) is 0 Å². The Hall–Kier alpha value is -0.305. The number of hydrogen-bond donors (Lipinski definition) is 3. The maximum absolute atomic E-state index is 9.16. The standard InChI is InChI=1S/C8H7BINO2S/c10-7-6(9(12)13)5(11)3-4-1-2-14-8(4)7/h1-3,12-13H,11H2. The van der Waals surface area contributed by atoms with Crippen molar-refractivity contribution in [3.63, 3.8) is 0 Å². The van der Waals surface area contributed by atoms with Gasteiger partial charge in [-0.2, -0.15) is 0 Å². The van der Waals surface area contributed by atoms with E-state index in [0.29, 0.717) is 11.2 Å². The van der Waals surface area contributed by atoms with Crippen LogP contribution in [0.1, 0.15) is 0 Å². The normalized spacial score (nSPS) is 10.8. The second kappa shape index (κ2) is 3.69. The minimum Gasteiger partial charge on any atom is -0.423 e. The molecule has 72 valence electrons. The van der Waals surface area contributed by atoms with Crippen molar-refractivity contribution in [3.8, 4) is 0 Å². The second-order valence-electron chi connectivity index (χ2n) is 2.91. The largest absolute Gasteiger partial charge is 0.491 e. The lowest BCUT2D eigenvalue weighted by molar-refractivity contribution is 0.426. The quantitative estimate of drug-likeness (QED) is 0.413. The second-order valence-corrected chi connectivity index (χ2v) is 4.90. The third kappa shape index (κ3) is 1.52. The van der Waals surface area contributed by atoms with Crippen molar-refractivity contribution >= 4 is 62.3 Å². The molecule has 0 aliphatic heterocycles. The average molecular weight is 319 g/mol. The zero-order valence-corrected chi connectivity index (χ0v) is 10.0. The van der Waals surface area contributed by atoms with Crippen LogP contribution in [0.3, 0.4) is 0 Å². The molecule has 0 unspecified atom stereocenters. The van der Waals surface area contributed by atoms with Crippen molar-refractivity contribution in [2.45, 2.75) is 0 Å². The molecule has 0 saturated carbocycles. The number of hydrogen-bond acceptors (Lipinski definition) is 4. The Kier molecular flexibility index (Phi) is 2.69. The summed E-state index contributed by atoms with van der Waals surface area (Å²) in [6.07, 6.45) is 0. The van der Waals surface area contributed by atoms with Gasteiger partial charge in [-0.3, -0.25) is 0 Å². The molecule has 0 bridgehead atoms. The van der Waals surface area contributed by atoms with Crippen molar-refractivity contribution in [3.05, 3.63) is 21.1 Å². The van der Waals surface area contributed by atoms with E-state index in [1.54, 1.807) is 17.4 Å². The fourth-order valence-electron chi connectivity index (χ4n) is 1.37. The van der Waals surface area contributed by atoms with Gasteiger partial charge in [-0.15, -0.1) is 11.3 Å². The summed E-state index contributed by atoms with van der Waals surface area (Å²) in [5.74, 6) is 0. The van der Waals surface area contributed by atoms with Gasteiger partial charge >= 0.3 is 7.12 Å². The van der Waals surface area contributed by atoms with E-state index in [4.69, 9.17) is 15.8 Å². The van der Waals surface area contributed by atoms with E-state index in [1.165, 1.54) is 0 Å². The summed E-state index contributed by atoms with van der Waals surface area (Å²) in [7, 11) is -1.51. The zero-order valence-electron chi connectivity index (χ0n) is 7.07. The highest BCUT2D eigenvalue weighted by molar-refractivity contribution is 14.1. The van der Waals surface area contributed by atoms with Gasteiger partial charge in [0.15, 0.2) is 0 Å². The predicted octanol–water partition coefficient (Wildman–Crippen LogP) is 0.768. The molecule has 2 rings (SSSR count). The first kappa shape index (κ1) is 10.2. The average Bonchev–Trinajstić information content (AvgIpc) is 2.50. The predicted molar refractivity (Wildman–Crippen MR) is 68.8 cm³/mol. The van der Waals surface area contributed by atoms with Gasteiger partial charge in [0.05, 0.1) is 0 Å². The number of fused-ring (bicyclic) bond motifs is 1. The molecule has 0 spiro atoms. The minimum absolute atomic E-state index is 0.403. The number of halogens is 1. The van der Waals surface area contributed by atoms with Gasteiger partial charge in [-0.1, -0.05) is 0 Å². The van der Waals surface area contributed by atoms with E-state index in [-0.39, 0.29) is 0 Å². The Morgan fingerprint density at radius 3 is 2.79 bits per heavy atom. The van der Waals surface area contributed by atoms with Crippen molar-refractivity contribution in [1.82, 2.24) is 0 Å². The van der Waals surface area contributed by atoms with Crippen molar-refractivity contribution in [2.75, 3.05) is 5.73 Å². The lowest BCUT2D eigenvalue weighted by Gasteiger charge is -2.08. The first-order valence-electron chi connectivity index (χ1n) is 3.92. The molecule has 0 radical (unpaired) electrons. The van der Waals surface area contributed by atoms with E-state index in [9.17, 15) is 0 Å². The number of nitrogens with two attached hydrogens (primary N) is 1. The SMILES string of the molecule is Nc1cc2ccsc2c(I)c1B(O)O. The fraction of sp³-hybridized carbons (Fsp3) is 0. The summed E-state index contributed by atoms with van der Waals surface area (Å²) in [6.45, 7) is 0. The highest BCUT2D eigenvalue weighted by atomic mass is 127. The number of rotatable bonds is 1. The molecule has 1 aromatic heterocycles. The molecule has 2 aromatic rings. The lowest BCUT2D eigenvalue weighted by Crippen LogP contribution is -2.34. The molecule has 0 aliphatic rings. The number of nitrogen functional groups attached to an aromatic ring is 1. The van der Waals surface area contributed by atoms with Crippen LogP contribution in [0.25, 0.3) is 10.1 Å². The molecule has 6 heteroatoms. The van der Waals surface area contributed by atoms with E-state index in [0.717, 1.165) is 13.7 Å². The van der Waals surface area contributed by atoms with Crippen LogP contribution in [0.5, 0.6) is 0 Å². The number of thiophene rings is 1. The summed E-state index contributed by atoms with van der Waals surface area (Å²) in [4.78, 5) is 0. The van der Waals surface area contributed by atoms with E-state index in [1.807, 2.05) is 11.4 Å². The maximum atomic E-state index is 9.16. The minimum atomic E-state index is -1.51. The summed E-state index contributed by atoms with van der Waals surface area (Å²) in [6, 6.07) is 3.73. The van der Waals surface area contributed by atoms with Crippen LogP contribution in [0.15, 0.2) is 17.5 Å². The molecular weight excluding hydrogens is 312 g/mol. The van der Waals surface area contributed by atoms with Gasteiger partial charge < -0.3 is 15.8 Å². The van der Waals surface area contributed by atoms with Gasteiger partial charge in [0, 0.05) is 19.4 Å². The highest BCUT2D eigenvalue weighted by Gasteiger charge is 2.20. The Balaban J connectivity index is 2.82. The van der Waals surface area contributed by atoms with Gasteiger partial charge in [0.2, 0.25) is 0 Å². The number of benzene rings is 1. The third-order valence-electron chi connectivity index (χ3n) is 2.01. The molecule has 3 nitrogen and oxygen atoms in total. The van der Waals surface area contributed by atoms with E-state index < -0.39 is 7.12 Å². The van der Waals surface area contributed by atoms with Crippen LogP contribution >= 0.6 is 33.9 Å². The van der Waals surface area contributed by atoms with Crippen LogP contribution in [0.4, 0.5) is 5.69 Å². The first-order valence-corrected chi connectivity index (χ1v) is 5.88. The smallest absolute Gasteiger partial charge is 0.423 e. The molecule has 0 aliphatic carbocycles. The van der Waals surface area contributed by atoms with Crippen molar-refractivity contribution < 1.29 is 10.0 Å². The van der Waals surface area contributed by atoms with Gasteiger partial charge in [0.1, 0.15) is 0 Å². The van der Waals surface area contributed by atoms with Crippen LogP contribution in [-0.4, -0.2) is 17.2 Å². The maximum Gasteiger partial charge on any atom is 0.491 e. The molecule has 1 aromatic carbocycles. The third-order valence-corrected chi connectivity index (χ3v) is 4.45. The first-order chi connectivity index (χ1) is 6.61. The number of anilines is 1. The Bertz CT molecular complexity index is 485. The lowest BCUT2D eigenvalue weighted by atomic mass is 9.79. The molecular formula is C8H7BINO2S. The topological polar surface area (TPSA) is 66.5 Å². The van der Waals surface area contributed by atoms with Crippen LogP contribution in [0.2, 0.25) is 0 Å². The molecule has 1 heterocycles. The fourth-order valence-corrected chi connectivity index (χ4v) is 3.48. The summed E-state index contributed by atoms with van der Waals surface area (Å²) < 4.78 is 1.87. The highest BCUT2D eigenvalue weighted by Crippen LogP contribution is 2.27. The van der Waals surface area contributed by atoms with E-state index in [2.05, 4.69) is 22.6 Å². The molecule has 0 amide bonds. The van der Waals surface area contributed by atoms with Crippen LogP contribution < -0.4 is 11.2 Å². The Morgan fingerprint density at radius 2 is 2.14 bits per heavy atom. The van der Waals surface area contributed by atoms with Gasteiger partial charge in [0.25, 0.3) is 0 Å². The molecule has 0 atom stereocenters. The summed E-state index contributed by atoms with van der Waals surface area (Å²) in [5.41, 5.74) is 6.56.